The zero-order valence-electron chi connectivity index (χ0n) is 12.0. The summed E-state index contributed by atoms with van der Waals surface area (Å²) in [6, 6.07) is 3.15. The second-order valence-corrected chi connectivity index (χ2v) is 7.74. The molecule has 118 valence electrons. The van der Waals surface area contributed by atoms with Crippen LogP contribution in [0.15, 0.2) is 23.1 Å². The lowest BCUT2D eigenvalue weighted by atomic mass is 9.79. The summed E-state index contributed by atoms with van der Waals surface area (Å²) in [6.07, 6.45) is 3.02. The van der Waals surface area contributed by atoms with E-state index < -0.39 is 21.4 Å². The van der Waals surface area contributed by atoms with Gasteiger partial charge < -0.3 is 10.8 Å². The van der Waals surface area contributed by atoms with Crippen molar-refractivity contribution in [3.8, 4) is 0 Å². The predicted molar refractivity (Wildman–Crippen MR) is 78.6 cm³/mol. The number of nitrogens with one attached hydrogen (secondary N) is 1. The van der Waals surface area contributed by atoms with Crippen molar-refractivity contribution in [1.29, 1.82) is 0 Å². The van der Waals surface area contributed by atoms with E-state index in [4.69, 9.17) is 5.73 Å². The highest BCUT2D eigenvalue weighted by molar-refractivity contribution is 7.89. The van der Waals surface area contributed by atoms with Crippen molar-refractivity contribution < 1.29 is 17.9 Å². The highest BCUT2D eigenvalue weighted by Crippen LogP contribution is 2.32. The predicted octanol–water partition coefficient (Wildman–Crippen LogP) is 1.63. The summed E-state index contributed by atoms with van der Waals surface area (Å²) in [5, 5.41) is 10.4. The number of sulfonamides is 1. The number of hydrogen-bond donors (Lipinski definition) is 3. The summed E-state index contributed by atoms with van der Waals surface area (Å²) in [7, 11) is -3.89. The molecule has 0 spiro atoms. The average molecular weight is 316 g/mol. The van der Waals surface area contributed by atoms with Gasteiger partial charge in [-0.25, -0.2) is 17.5 Å². The van der Waals surface area contributed by atoms with E-state index in [0.717, 1.165) is 25.0 Å². The molecule has 1 fully saturated rings. The molecule has 0 heterocycles. The van der Waals surface area contributed by atoms with Gasteiger partial charge in [-0.1, -0.05) is 19.8 Å². The number of rotatable bonds is 4. The molecule has 7 heteroatoms. The first kappa shape index (κ1) is 16.2. The zero-order chi connectivity index (χ0) is 15.7. The van der Waals surface area contributed by atoms with Gasteiger partial charge in [-0.3, -0.25) is 0 Å². The SMILES string of the molecule is CC1CCCC(O)(CNS(=O)(=O)c2cc(N)cc(F)c2)C1. The number of halogens is 1. The Morgan fingerprint density at radius 3 is 2.81 bits per heavy atom. The lowest BCUT2D eigenvalue weighted by molar-refractivity contribution is -0.00751. The molecule has 1 aromatic carbocycles. The molecule has 0 aliphatic heterocycles. The van der Waals surface area contributed by atoms with Gasteiger partial charge in [-0.15, -0.1) is 0 Å². The van der Waals surface area contributed by atoms with Crippen LogP contribution in [-0.2, 0) is 10.0 Å². The zero-order valence-corrected chi connectivity index (χ0v) is 12.8. The third kappa shape index (κ3) is 4.15. The Labute approximate surface area is 124 Å². The Morgan fingerprint density at radius 2 is 2.19 bits per heavy atom. The van der Waals surface area contributed by atoms with Crippen LogP contribution in [0.1, 0.15) is 32.6 Å². The standard InChI is InChI=1S/C14H21FN2O3S/c1-10-3-2-4-14(18,8-10)9-17-21(19,20)13-6-11(15)5-12(16)7-13/h5-7,10,17-18H,2-4,8-9,16H2,1H3. The fourth-order valence-corrected chi connectivity index (χ4v) is 4.03. The van der Waals surface area contributed by atoms with Crippen molar-refractivity contribution in [2.75, 3.05) is 12.3 Å². The Bertz CT molecular complexity index is 600. The number of aliphatic hydroxyl groups is 1. The van der Waals surface area contributed by atoms with E-state index in [2.05, 4.69) is 4.72 Å². The third-order valence-electron chi connectivity index (χ3n) is 3.86. The fraction of sp³-hybridized carbons (Fsp3) is 0.571. The first-order chi connectivity index (χ1) is 9.70. The molecule has 4 N–H and O–H groups in total. The molecule has 0 aromatic heterocycles. The van der Waals surface area contributed by atoms with Gasteiger partial charge in [0, 0.05) is 12.2 Å². The average Bonchev–Trinajstić information content (AvgIpc) is 2.35. The highest BCUT2D eigenvalue weighted by atomic mass is 32.2. The van der Waals surface area contributed by atoms with Crippen LogP contribution in [0.4, 0.5) is 10.1 Å². The van der Waals surface area contributed by atoms with Crippen LogP contribution in [0.25, 0.3) is 0 Å². The van der Waals surface area contributed by atoms with E-state index >= 15 is 0 Å². The highest BCUT2D eigenvalue weighted by Gasteiger charge is 2.33. The Hall–Kier alpha value is -1.18. The Kier molecular flexibility index (Phi) is 4.55. The molecule has 0 radical (unpaired) electrons. The summed E-state index contributed by atoms with van der Waals surface area (Å²) in [4.78, 5) is -0.229. The molecule has 2 atom stereocenters. The van der Waals surface area contributed by atoms with E-state index in [-0.39, 0.29) is 17.1 Å². The van der Waals surface area contributed by atoms with Crippen LogP contribution < -0.4 is 10.5 Å². The van der Waals surface area contributed by atoms with Gasteiger partial charge in [-0.2, -0.15) is 0 Å². The summed E-state index contributed by atoms with van der Waals surface area (Å²) < 4.78 is 39.9. The number of anilines is 1. The number of hydrogen-bond acceptors (Lipinski definition) is 4. The molecular formula is C14H21FN2O3S. The van der Waals surface area contributed by atoms with Crippen LogP contribution in [0.5, 0.6) is 0 Å². The summed E-state index contributed by atoms with van der Waals surface area (Å²) in [5.41, 5.74) is 4.46. The molecule has 0 bridgehead atoms. The molecular weight excluding hydrogens is 295 g/mol. The van der Waals surface area contributed by atoms with Crippen LogP contribution in [0.2, 0.25) is 0 Å². The topological polar surface area (TPSA) is 92.4 Å². The largest absolute Gasteiger partial charge is 0.399 e. The van der Waals surface area contributed by atoms with E-state index in [1.807, 2.05) is 6.92 Å². The van der Waals surface area contributed by atoms with Gasteiger partial charge in [0.05, 0.1) is 10.5 Å². The maximum absolute atomic E-state index is 13.3. The molecule has 2 unspecified atom stereocenters. The quantitative estimate of drug-likeness (QED) is 0.736. The van der Waals surface area contributed by atoms with Gasteiger partial charge in [0.15, 0.2) is 0 Å². The summed E-state index contributed by atoms with van der Waals surface area (Å²) in [6.45, 7) is 1.96. The van der Waals surface area contributed by atoms with Gasteiger partial charge >= 0.3 is 0 Å². The van der Waals surface area contributed by atoms with E-state index in [9.17, 15) is 17.9 Å². The maximum atomic E-state index is 13.3. The van der Waals surface area contributed by atoms with E-state index in [1.165, 1.54) is 6.07 Å². The molecule has 1 aliphatic rings. The minimum Gasteiger partial charge on any atom is -0.399 e. The van der Waals surface area contributed by atoms with Crippen LogP contribution >= 0.6 is 0 Å². The lowest BCUT2D eigenvalue weighted by Crippen LogP contribution is -2.45. The minimum atomic E-state index is -3.89. The molecule has 0 saturated heterocycles. The summed E-state index contributed by atoms with van der Waals surface area (Å²) >= 11 is 0. The second-order valence-electron chi connectivity index (χ2n) is 5.97. The monoisotopic (exact) mass is 316 g/mol. The van der Waals surface area contributed by atoms with Crippen LogP contribution in [0.3, 0.4) is 0 Å². The number of nitrogens with two attached hydrogens (primary N) is 1. The molecule has 2 rings (SSSR count). The van der Waals surface area contributed by atoms with Crippen molar-refractivity contribution in [1.82, 2.24) is 4.72 Å². The normalized spacial score (nSPS) is 26.7. The van der Waals surface area contributed by atoms with E-state index in [1.54, 1.807) is 0 Å². The minimum absolute atomic E-state index is 0.0420. The smallest absolute Gasteiger partial charge is 0.240 e. The number of nitrogen functional groups attached to an aromatic ring is 1. The molecule has 1 saturated carbocycles. The first-order valence-corrected chi connectivity index (χ1v) is 8.47. The summed E-state index contributed by atoms with van der Waals surface area (Å²) in [5.74, 6) is -0.349. The molecule has 1 aliphatic carbocycles. The van der Waals surface area contributed by atoms with Crippen molar-refractivity contribution in [3.63, 3.8) is 0 Å². The van der Waals surface area contributed by atoms with Crippen LogP contribution in [0, 0.1) is 11.7 Å². The molecule has 5 nitrogen and oxygen atoms in total. The lowest BCUT2D eigenvalue weighted by Gasteiger charge is -2.35. The van der Waals surface area contributed by atoms with Crippen LogP contribution in [-0.4, -0.2) is 25.7 Å². The van der Waals surface area contributed by atoms with Gasteiger partial charge in [0.1, 0.15) is 5.82 Å². The van der Waals surface area contributed by atoms with Gasteiger partial charge in [-0.05, 0) is 37.0 Å². The van der Waals surface area contributed by atoms with Crippen molar-refractivity contribution >= 4 is 15.7 Å². The van der Waals surface area contributed by atoms with Gasteiger partial charge in [0.25, 0.3) is 0 Å². The molecule has 0 amide bonds. The molecule has 1 aromatic rings. The van der Waals surface area contributed by atoms with Crippen molar-refractivity contribution in [3.05, 3.63) is 24.0 Å². The fourth-order valence-electron chi connectivity index (χ4n) is 2.85. The Balaban J connectivity index is 2.11. The second kappa shape index (κ2) is 5.90. The van der Waals surface area contributed by atoms with Gasteiger partial charge in [0.2, 0.25) is 10.0 Å². The van der Waals surface area contributed by atoms with Crippen molar-refractivity contribution in [2.45, 2.75) is 43.1 Å². The Morgan fingerprint density at radius 1 is 1.48 bits per heavy atom. The van der Waals surface area contributed by atoms with Crippen molar-refractivity contribution in [2.24, 2.45) is 5.92 Å². The van der Waals surface area contributed by atoms with E-state index in [0.29, 0.717) is 18.8 Å². The number of benzene rings is 1. The molecule has 21 heavy (non-hydrogen) atoms. The first-order valence-electron chi connectivity index (χ1n) is 6.98. The third-order valence-corrected chi connectivity index (χ3v) is 5.24. The maximum Gasteiger partial charge on any atom is 0.240 e.